The smallest absolute Gasteiger partial charge is 0.314 e. The molecule has 0 amide bonds. The lowest BCUT2D eigenvalue weighted by molar-refractivity contribution is 0.116. The number of benzene rings is 1. The van der Waals surface area contributed by atoms with Crippen molar-refractivity contribution in [3.63, 3.8) is 0 Å². The molecule has 1 aliphatic heterocycles. The fourth-order valence-electron chi connectivity index (χ4n) is 2.93. The van der Waals surface area contributed by atoms with Gasteiger partial charge >= 0.3 is 6.43 Å². The highest BCUT2D eigenvalue weighted by Gasteiger charge is 2.18. The number of anilines is 1. The highest BCUT2D eigenvalue weighted by molar-refractivity contribution is 8.14. The minimum absolute atomic E-state index is 0.0847. The Labute approximate surface area is 183 Å². The summed E-state index contributed by atoms with van der Waals surface area (Å²) in [6.07, 6.45) is -0.921. The van der Waals surface area contributed by atoms with Crippen LogP contribution in [0, 0.1) is 0 Å². The average molecular weight is 460 g/mol. The van der Waals surface area contributed by atoms with Gasteiger partial charge in [-0.1, -0.05) is 29.1 Å². The Balaban J connectivity index is 1.25. The fraction of sp³-hybridized carbons (Fsp3) is 0.211. The van der Waals surface area contributed by atoms with Crippen molar-refractivity contribution < 1.29 is 13.2 Å². The quantitative estimate of drug-likeness (QED) is 0.452. The molecule has 0 saturated carbocycles. The maximum atomic E-state index is 12.6. The summed E-state index contributed by atoms with van der Waals surface area (Å²) in [5.74, 6) is 0.421. The number of hydrogen-bond acceptors (Lipinski definition) is 9. The van der Waals surface area contributed by atoms with Crippen LogP contribution in [0.1, 0.15) is 17.2 Å². The van der Waals surface area contributed by atoms with Gasteiger partial charge in [0.05, 0.1) is 24.2 Å². The first-order valence-electron chi connectivity index (χ1n) is 9.29. The molecule has 0 bridgehead atoms. The molecule has 3 aromatic heterocycles. The van der Waals surface area contributed by atoms with Crippen LogP contribution < -0.4 is 5.32 Å². The molecule has 1 aliphatic rings. The van der Waals surface area contributed by atoms with Gasteiger partial charge in [-0.2, -0.15) is 8.78 Å². The zero-order valence-corrected chi connectivity index (χ0v) is 17.5. The highest BCUT2D eigenvalue weighted by Crippen LogP contribution is 2.30. The van der Waals surface area contributed by atoms with Gasteiger partial charge in [-0.3, -0.25) is 4.99 Å². The second-order valence-electron chi connectivity index (χ2n) is 6.55. The van der Waals surface area contributed by atoms with Crippen molar-refractivity contribution in [2.75, 3.05) is 17.6 Å². The normalized spacial score (nSPS) is 13.7. The molecule has 0 saturated heterocycles. The zero-order valence-electron chi connectivity index (χ0n) is 15.9. The third kappa shape index (κ3) is 4.49. The van der Waals surface area contributed by atoms with Gasteiger partial charge < -0.3 is 9.73 Å². The first-order chi connectivity index (χ1) is 15.1. The van der Waals surface area contributed by atoms with Crippen molar-refractivity contribution in [3.8, 4) is 22.0 Å². The van der Waals surface area contributed by atoms with Crippen LogP contribution in [0.4, 0.5) is 14.5 Å². The minimum Gasteiger partial charge on any atom is -0.414 e. The number of nitrogens with zero attached hydrogens (tertiary/aromatic N) is 6. The summed E-state index contributed by atoms with van der Waals surface area (Å²) in [4.78, 5) is 5.97. The third-order valence-corrected chi connectivity index (χ3v) is 6.32. The molecular weight excluding hydrogens is 444 g/mol. The maximum Gasteiger partial charge on any atom is 0.314 e. The first-order valence-corrected chi connectivity index (χ1v) is 11.1. The Bertz CT molecular complexity index is 1220. The summed E-state index contributed by atoms with van der Waals surface area (Å²) in [6, 6.07) is 11.6. The van der Waals surface area contributed by atoms with E-state index in [-0.39, 0.29) is 5.89 Å². The van der Waals surface area contributed by atoms with Gasteiger partial charge in [-0.15, -0.1) is 26.6 Å². The van der Waals surface area contributed by atoms with Crippen molar-refractivity contribution in [1.82, 2.24) is 25.2 Å². The molecule has 0 unspecified atom stereocenters. The summed E-state index contributed by atoms with van der Waals surface area (Å²) >= 11 is 3.09. The molecule has 1 N–H and O–H groups in total. The van der Waals surface area contributed by atoms with Crippen LogP contribution in [0.15, 0.2) is 52.0 Å². The standard InChI is InChI=1S/C19H15F2N7OS2/c20-16(21)18-26-25-17(29-18)15-6-5-13(31-15)9-28-10-14(24-27-28)11-1-3-12(4-2-11)23-19-22-7-8-30-19/h1-6,10,16H,7-9H2,(H,22,23). The Morgan fingerprint density at radius 2 is 1.97 bits per heavy atom. The number of aromatic nitrogens is 5. The third-order valence-electron chi connectivity index (χ3n) is 4.37. The second kappa shape index (κ2) is 8.55. The van der Waals surface area contributed by atoms with Crippen LogP contribution in [0.5, 0.6) is 0 Å². The highest BCUT2D eigenvalue weighted by atomic mass is 32.2. The number of rotatable bonds is 6. The predicted octanol–water partition coefficient (Wildman–Crippen LogP) is 4.56. The molecule has 31 heavy (non-hydrogen) atoms. The van der Waals surface area contributed by atoms with E-state index in [4.69, 9.17) is 4.42 Å². The Hall–Kier alpha value is -3.12. The summed E-state index contributed by atoms with van der Waals surface area (Å²) < 4.78 is 32.0. The minimum atomic E-state index is -2.78. The lowest BCUT2D eigenvalue weighted by atomic mass is 10.1. The largest absolute Gasteiger partial charge is 0.414 e. The summed E-state index contributed by atoms with van der Waals surface area (Å²) in [6.45, 7) is 1.34. The lowest BCUT2D eigenvalue weighted by Gasteiger charge is -2.05. The molecule has 0 fully saturated rings. The van der Waals surface area contributed by atoms with Gasteiger partial charge in [-0.05, 0) is 24.3 Å². The van der Waals surface area contributed by atoms with Crippen LogP contribution in [-0.2, 0) is 6.54 Å². The predicted molar refractivity (Wildman–Crippen MR) is 116 cm³/mol. The fourth-order valence-corrected chi connectivity index (χ4v) is 4.60. The molecule has 158 valence electrons. The van der Waals surface area contributed by atoms with Crippen LogP contribution in [0.25, 0.3) is 22.0 Å². The van der Waals surface area contributed by atoms with E-state index in [9.17, 15) is 8.78 Å². The number of thioether (sulfide) groups is 1. The van der Waals surface area contributed by atoms with E-state index in [1.807, 2.05) is 36.5 Å². The van der Waals surface area contributed by atoms with Crippen molar-refractivity contribution >= 4 is 34.0 Å². The Morgan fingerprint density at radius 3 is 2.71 bits per heavy atom. The van der Waals surface area contributed by atoms with Gasteiger partial charge in [0.15, 0.2) is 5.17 Å². The molecule has 4 heterocycles. The number of alkyl halides is 2. The van der Waals surface area contributed by atoms with Crippen LogP contribution >= 0.6 is 23.1 Å². The molecule has 4 aromatic rings. The maximum absolute atomic E-state index is 12.6. The molecule has 0 radical (unpaired) electrons. The number of hydrogen-bond donors (Lipinski definition) is 1. The second-order valence-corrected chi connectivity index (χ2v) is 8.80. The van der Waals surface area contributed by atoms with E-state index >= 15 is 0 Å². The molecule has 1 aromatic carbocycles. The monoisotopic (exact) mass is 459 g/mol. The Kier molecular flexibility index (Phi) is 5.47. The summed E-state index contributed by atoms with van der Waals surface area (Å²) in [7, 11) is 0. The van der Waals surface area contributed by atoms with Crippen molar-refractivity contribution in [2.24, 2.45) is 4.99 Å². The average Bonchev–Trinajstić information content (AvgIpc) is 3.56. The van der Waals surface area contributed by atoms with Crippen LogP contribution in [0.3, 0.4) is 0 Å². The van der Waals surface area contributed by atoms with E-state index in [0.29, 0.717) is 11.4 Å². The number of thiophene rings is 1. The molecule has 8 nitrogen and oxygen atoms in total. The van der Waals surface area contributed by atoms with Crippen molar-refractivity contribution in [1.29, 1.82) is 0 Å². The lowest BCUT2D eigenvalue weighted by Crippen LogP contribution is -2.04. The zero-order chi connectivity index (χ0) is 21.2. The van der Waals surface area contributed by atoms with Gasteiger partial charge in [0.2, 0.25) is 0 Å². The molecular formula is C19H15F2N7OS2. The van der Waals surface area contributed by atoms with Crippen LogP contribution in [-0.4, -0.2) is 42.7 Å². The first kappa shape index (κ1) is 19.8. The van der Waals surface area contributed by atoms with Gasteiger partial charge in [0.25, 0.3) is 11.8 Å². The topological polar surface area (TPSA) is 94.0 Å². The van der Waals surface area contributed by atoms with Crippen molar-refractivity contribution in [3.05, 3.63) is 53.4 Å². The number of halogens is 2. The van der Waals surface area contributed by atoms with E-state index in [1.165, 1.54) is 11.3 Å². The molecule has 0 atom stereocenters. The number of nitrogens with one attached hydrogen (secondary N) is 1. The van der Waals surface area contributed by atoms with E-state index in [0.717, 1.165) is 39.3 Å². The molecule has 12 heteroatoms. The summed E-state index contributed by atoms with van der Waals surface area (Å²) in [5.41, 5.74) is 2.69. The van der Waals surface area contributed by atoms with Crippen molar-refractivity contribution in [2.45, 2.75) is 13.0 Å². The Morgan fingerprint density at radius 1 is 1.10 bits per heavy atom. The molecule has 0 aliphatic carbocycles. The molecule has 5 rings (SSSR count). The number of amidine groups is 1. The summed E-state index contributed by atoms with van der Waals surface area (Å²) in [5, 5.41) is 19.7. The van der Waals surface area contributed by atoms with Gasteiger partial charge in [0.1, 0.15) is 5.69 Å². The van der Waals surface area contributed by atoms with E-state index < -0.39 is 12.3 Å². The molecule has 0 spiro atoms. The van der Waals surface area contributed by atoms with Gasteiger partial charge in [0, 0.05) is 21.9 Å². The van der Waals surface area contributed by atoms with Gasteiger partial charge in [-0.25, -0.2) is 4.68 Å². The number of aliphatic imine (C=N–C) groups is 1. The SMILES string of the molecule is FC(F)c1nnc(-c2ccc(Cn3cc(-c4ccc(NC5=NCCS5)cc4)nn3)s2)o1. The van der Waals surface area contributed by atoms with E-state index in [1.54, 1.807) is 22.5 Å². The van der Waals surface area contributed by atoms with E-state index in [2.05, 4.69) is 30.8 Å². The van der Waals surface area contributed by atoms with Crippen LogP contribution in [0.2, 0.25) is 0 Å².